The molecule has 0 N–H and O–H groups in total. The quantitative estimate of drug-likeness (QED) is 0.194. The average molecular weight is 574 g/mol. The highest BCUT2D eigenvalue weighted by molar-refractivity contribution is 6.08. The normalized spacial score (nSPS) is 9.63. The molecular formula is C42H55N. The first-order valence-electron chi connectivity index (χ1n) is 16.5. The van der Waals surface area contributed by atoms with Crippen LogP contribution in [0, 0.1) is 0 Å². The summed E-state index contributed by atoms with van der Waals surface area (Å²) >= 11 is 0. The summed E-state index contributed by atoms with van der Waals surface area (Å²) in [5.74, 6) is 0. The third kappa shape index (κ3) is 9.45. The molecule has 6 aromatic rings. The van der Waals surface area contributed by atoms with Gasteiger partial charge in [0.25, 0.3) is 0 Å². The molecule has 0 aliphatic heterocycles. The van der Waals surface area contributed by atoms with Crippen LogP contribution in [0.1, 0.15) is 85.9 Å². The molecule has 228 valence electrons. The highest BCUT2D eigenvalue weighted by atomic mass is 15.0. The number of hydrogen-bond acceptors (Lipinski definition) is 0. The largest absolute Gasteiger partial charge is 0.336 e. The van der Waals surface area contributed by atoms with Crippen molar-refractivity contribution in [2.45, 2.75) is 82.2 Å². The number of hydrogen-bond donors (Lipinski definition) is 0. The van der Waals surface area contributed by atoms with E-state index in [1.807, 2.05) is 69.2 Å². The molecule has 1 heterocycles. The van der Waals surface area contributed by atoms with Crippen LogP contribution < -0.4 is 0 Å². The van der Waals surface area contributed by atoms with Crippen molar-refractivity contribution in [1.82, 2.24) is 4.57 Å². The third-order valence-corrected chi connectivity index (χ3v) is 6.57. The zero-order valence-electron chi connectivity index (χ0n) is 28.5. The summed E-state index contributed by atoms with van der Waals surface area (Å²) in [4.78, 5) is 0. The molecule has 5 aromatic carbocycles. The summed E-state index contributed by atoms with van der Waals surface area (Å²) in [6.45, 7) is 20.9. The Balaban J connectivity index is 0.000000349. The molecule has 0 saturated carbocycles. The lowest BCUT2D eigenvalue weighted by Gasteiger charge is -2.07. The van der Waals surface area contributed by atoms with E-state index in [2.05, 4.69) is 132 Å². The maximum Gasteiger partial charge on any atom is 0.0494 e. The second-order valence-electron chi connectivity index (χ2n) is 8.60. The Hall–Kier alpha value is -4.10. The summed E-state index contributed by atoms with van der Waals surface area (Å²) in [6, 6.07) is 45.2. The average Bonchev–Trinajstić information content (AvgIpc) is 3.66. The first-order valence-corrected chi connectivity index (χ1v) is 16.5. The summed E-state index contributed by atoms with van der Waals surface area (Å²) in [7, 11) is 0. The van der Waals surface area contributed by atoms with Crippen LogP contribution in [-0.2, 0) is 13.0 Å². The zero-order chi connectivity index (χ0) is 32.0. The Morgan fingerprint density at radius 3 is 1.19 bits per heavy atom. The van der Waals surface area contributed by atoms with Crippen molar-refractivity contribution in [3.05, 3.63) is 144 Å². The van der Waals surface area contributed by atoms with Crippen LogP contribution in [0.5, 0.6) is 0 Å². The molecule has 0 fully saturated rings. The van der Waals surface area contributed by atoms with Crippen LogP contribution in [0.15, 0.2) is 127 Å². The SMILES string of the molecule is CC.CC.CC.CC.CC.c1ccc(Cn2c3ccccc3c3ccccc32)cc1.c1ccc2c(c1)Cc1ccccc1-2. The van der Waals surface area contributed by atoms with Gasteiger partial charge in [-0.05, 0) is 46.4 Å². The smallest absolute Gasteiger partial charge is 0.0494 e. The summed E-state index contributed by atoms with van der Waals surface area (Å²) < 4.78 is 2.40. The van der Waals surface area contributed by atoms with E-state index < -0.39 is 0 Å². The maximum absolute atomic E-state index is 2.40. The molecule has 1 heteroatoms. The zero-order valence-corrected chi connectivity index (χ0v) is 28.5. The molecule has 0 amide bonds. The Morgan fingerprint density at radius 1 is 0.395 bits per heavy atom. The molecule has 43 heavy (non-hydrogen) atoms. The van der Waals surface area contributed by atoms with Gasteiger partial charge in [-0.15, -0.1) is 0 Å². The van der Waals surface area contributed by atoms with Crippen LogP contribution in [-0.4, -0.2) is 4.57 Å². The van der Waals surface area contributed by atoms with E-state index in [9.17, 15) is 0 Å². The standard InChI is InChI=1S/C19H15N.C13H10.5C2H6/c1-2-8-15(9-3-1)14-20-18-12-6-4-10-16(18)17-11-5-7-13-19(17)20;1-3-7-12-10(5-1)9-11-6-2-4-8-13(11)12;5*1-2/h1-13H,14H2;1-8H,9H2;5*1-2H3. The number of nitrogens with zero attached hydrogens (tertiary/aromatic N) is 1. The summed E-state index contributed by atoms with van der Waals surface area (Å²) in [5.41, 5.74) is 9.69. The Labute approximate surface area is 263 Å². The third-order valence-electron chi connectivity index (χ3n) is 6.57. The minimum Gasteiger partial charge on any atom is -0.336 e. The molecule has 7 rings (SSSR count). The minimum atomic E-state index is 0.912. The monoisotopic (exact) mass is 573 g/mol. The van der Waals surface area contributed by atoms with E-state index in [1.165, 1.54) is 49.6 Å². The van der Waals surface area contributed by atoms with Crippen LogP contribution in [0.4, 0.5) is 0 Å². The van der Waals surface area contributed by atoms with Crippen molar-refractivity contribution in [2.24, 2.45) is 0 Å². The molecule has 1 aliphatic rings. The van der Waals surface area contributed by atoms with Crippen molar-refractivity contribution < 1.29 is 0 Å². The topological polar surface area (TPSA) is 4.93 Å². The van der Waals surface area contributed by atoms with Gasteiger partial charge in [-0.3, -0.25) is 0 Å². The lowest BCUT2D eigenvalue weighted by molar-refractivity contribution is 0.869. The van der Waals surface area contributed by atoms with Crippen molar-refractivity contribution in [3.63, 3.8) is 0 Å². The Morgan fingerprint density at radius 2 is 0.744 bits per heavy atom. The van der Waals surface area contributed by atoms with Gasteiger partial charge < -0.3 is 4.57 Å². The van der Waals surface area contributed by atoms with Crippen molar-refractivity contribution in [3.8, 4) is 11.1 Å². The van der Waals surface area contributed by atoms with Gasteiger partial charge in [-0.1, -0.05) is 184 Å². The molecule has 0 unspecified atom stereocenters. The second kappa shape index (κ2) is 21.6. The number of fused-ring (bicyclic) bond motifs is 6. The first-order chi connectivity index (χ1) is 21.4. The molecule has 0 saturated heterocycles. The number of aromatic nitrogens is 1. The van der Waals surface area contributed by atoms with Crippen LogP contribution >= 0.6 is 0 Å². The Bertz CT molecular complexity index is 1460. The molecule has 1 nitrogen and oxygen atoms in total. The van der Waals surface area contributed by atoms with Gasteiger partial charge in [0.1, 0.15) is 0 Å². The molecule has 0 bridgehead atoms. The van der Waals surface area contributed by atoms with E-state index in [-0.39, 0.29) is 0 Å². The number of rotatable bonds is 2. The van der Waals surface area contributed by atoms with E-state index in [0.717, 1.165) is 13.0 Å². The van der Waals surface area contributed by atoms with Crippen molar-refractivity contribution >= 4 is 21.8 Å². The predicted molar refractivity (Wildman–Crippen MR) is 196 cm³/mol. The molecular weight excluding hydrogens is 518 g/mol. The maximum atomic E-state index is 2.40. The predicted octanol–water partition coefficient (Wildman–Crippen LogP) is 13.2. The van der Waals surface area contributed by atoms with Crippen LogP contribution in [0.2, 0.25) is 0 Å². The van der Waals surface area contributed by atoms with Gasteiger partial charge >= 0.3 is 0 Å². The summed E-state index contributed by atoms with van der Waals surface area (Å²) in [6.07, 6.45) is 1.10. The Kier molecular flexibility index (Phi) is 18.5. The first kappa shape index (κ1) is 36.9. The fourth-order valence-electron chi connectivity index (χ4n) is 5.02. The highest BCUT2D eigenvalue weighted by Crippen LogP contribution is 2.35. The van der Waals surface area contributed by atoms with E-state index >= 15 is 0 Å². The second-order valence-corrected chi connectivity index (χ2v) is 8.60. The van der Waals surface area contributed by atoms with Gasteiger partial charge in [0.05, 0.1) is 0 Å². The highest BCUT2D eigenvalue weighted by Gasteiger charge is 2.15. The lowest BCUT2D eigenvalue weighted by atomic mass is 10.1. The van der Waals surface area contributed by atoms with Crippen LogP contribution in [0.3, 0.4) is 0 Å². The minimum absolute atomic E-state index is 0.912. The fraction of sp³-hybridized carbons (Fsp3) is 0.286. The molecule has 1 aromatic heterocycles. The van der Waals surface area contributed by atoms with E-state index in [0.29, 0.717) is 0 Å². The van der Waals surface area contributed by atoms with Gasteiger partial charge in [0.15, 0.2) is 0 Å². The van der Waals surface area contributed by atoms with Crippen molar-refractivity contribution in [1.29, 1.82) is 0 Å². The van der Waals surface area contributed by atoms with Gasteiger partial charge in [-0.2, -0.15) is 0 Å². The van der Waals surface area contributed by atoms with Crippen molar-refractivity contribution in [2.75, 3.05) is 0 Å². The van der Waals surface area contributed by atoms with E-state index in [1.54, 1.807) is 0 Å². The molecule has 0 spiro atoms. The van der Waals surface area contributed by atoms with Crippen LogP contribution in [0.25, 0.3) is 32.9 Å². The lowest BCUT2D eigenvalue weighted by Crippen LogP contribution is -1.98. The van der Waals surface area contributed by atoms with Gasteiger partial charge in [0.2, 0.25) is 0 Å². The number of para-hydroxylation sites is 2. The van der Waals surface area contributed by atoms with Gasteiger partial charge in [0, 0.05) is 28.4 Å². The number of benzene rings is 5. The molecule has 1 aliphatic carbocycles. The van der Waals surface area contributed by atoms with Gasteiger partial charge in [-0.25, -0.2) is 0 Å². The van der Waals surface area contributed by atoms with E-state index in [4.69, 9.17) is 0 Å². The molecule has 0 radical (unpaired) electrons. The fourth-order valence-corrected chi connectivity index (χ4v) is 5.02. The summed E-state index contributed by atoms with van der Waals surface area (Å²) in [5, 5.41) is 2.66. The molecule has 0 atom stereocenters.